The zero-order valence-electron chi connectivity index (χ0n) is 15.7. The van der Waals surface area contributed by atoms with E-state index in [1.165, 1.54) is 37.0 Å². The van der Waals surface area contributed by atoms with Gasteiger partial charge in [0.1, 0.15) is 0 Å². The molecule has 1 amide bonds. The Morgan fingerprint density at radius 2 is 2.16 bits per heavy atom. The molecule has 1 aliphatic heterocycles. The van der Waals surface area contributed by atoms with Gasteiger partial charge in [0.05, 0.1) is 6.04 Å². The van der Waals surface area contributed by atoms with Gasteiger partial charge in [0.2, 0.25) is 5.91 Å². The Labute approximate surface area is 151 Å². The molecule has 1 N–H and O–H groups in total. The molecule has 1 fully saturated rings. The lowest BCUT2D eigenvalue weighted by atomic mass is 9.92. The first-order valence-corrected chi connectivity index (χ1v) is 9.82. The van der Waals surface area contributed by atoms with Gasteiger partial charge in [0.15, 0.2) is 0 Å². The van der Waals surface area contributed by atoms with E-state index in [0.717, 1.165) is 38.9 Å². The van der Waals surface area contributed by atoms with Gasteiger partial charge in [-0.15, -0.1) is 0 Å². The number of allylic oxidation sites excluding steroid dienone is 1. The summed E-state index contributed by atoms with van der Waals surface area (Å²) in [4.78, 5) is 14.8. The third-order valence-corrected chi connectivity index (χ3v) is 5.86. The van der Waals surface area contributed by atoms with Crippen molar-refractivity contribution in [1.29, 1.82) is 0 Å². The predicted molar refractivity (Wildman–Crippen MR) is 100 cm³/mol. The summed E-state index contributed by atoms with van der Waals surface area (Å²) in [6, 6.07) is 2.09. The predicted octanol–water partition coefficient (Wildman–Crippen LogP) is 2.99. The van der Waals surface area contributed by atoms with Gasteiger partial charge < -0.3 is 5.32 Å². The molecule has 0 aromatic carbocycles. The van der Waals surface area contributed by atoms with Gasteiger partial charge in [-0.1, -0.05) is 11.6 Å². The van der Waals surface area contributed by atoms with Gasteiger partial charge in [0, 0.05) is 31.4 Å². The van der Waals surface area contributed by atoms with Crippen LogP contribution in [0.5, 0.6) is 0 Å². The molecule has 1 aromatic rings. The lowest BCUT2D eigenvalue weighted by molar-refractivity contribution is -0.126. The first-order valence-electron chi connectivity index (χ1n) is 9.82. The summed E-state index contributed by atoms with van der Waals surface area (Å²) in [5, 5.41) is 7.42. The molecule has 3 rings (SSSR count). The summed E-state index contributed by atoms with van der Waals surface area (Å²) in [6.45, 7) is 4.78. The number of carbonyl (C=O) groups is 1. The van der Waals surface area contributed by atoms with Crippen molar-refractivity contribution in [2.75, 3.05) is 19.6 Å². The number of aryl methyl sites for hydroxylation is 1. The average molecular weight is 345 g/mol. The van der Waals surface area contributed by atoms with E-state index in [9.17, 15) is 4.79 Å². The van der Waals surface area contributed by atoms with Crippen LogP contribution in [0.2, 0.25) is 0 Å². The first kappa shape index (κ1) is 18.2. The molecular formula is C20H32N4O. The largest absolute Gasteiger partial charge is 0.354 e. The van der Waals surface area contributed by atoms with Crippen molar-refractivity contribution in [3.63, 3.8) is 0 Å². The second-order valence-electron chi connectivity index (χ2n) is 7.52. The van der Waals surface area contributed by atoms with Crippen molar-refractivity contribution in [1.82, 2.24) is 20.0 Å². The van der Waals surface area contributed by atoms with Crippen molar-refractivity contribution in [2.24, 2.45) is 7.05 Å². The summed E-state index contributed by atoms with van der Waals surface area (Å²) in [6.07, 6.45) is 12.5. The van der Waals surface area contributed by atoms with Crippen LogP contribution in [-0.4, -0.2) is 46.3 Å². The number of likely N-dealkylation sites (tertiary alicyclic amines) is 1. The molecule has 138 valence electrons. The quantitative estimate of drug-likeness (QED) is 0.807. The summed E-state index contributed by atoms with van der Waals surface area (Å²) in [5.41, 5.74) is 2.84. The smallest absolute Gasteiger partial charge is 0.237 e. The minimum atomic E-state index is -0.0344. The maximum absolute atomic E-state index is 12.5. The van der Waals surface area contributed by atoms with E-state index >= 15 is 0 Å². The van der Waals surface area contributed by atoms with Crippen molar-refractivity contribution in [3.05, 3.63) is 29.6 Å². The summed E-state index contributed by atoms with van der Waals surface area (Å²) in [7, 11) is 2.01. The molecule has 1 atom stereocenters. The topological polar surface area (TPSA) is 50.2 Å². The second kappa shape index (κ2) is 8.65. The van der Waals surface area contributed by atoms with E-state index in [1.807, 2.05) is 24.9 Å². The summed E-state index contributed by atoms with van der Waals surface area (Å²) < 4.78 is 1.98. The second-order valence-corrected chi connectivity index (χ2v) is 7.52. The van der Waals surface area contributed by atoms with Crippen molar-refractivity contribution in [3.8, 4) is 0 Å². The van der Waals surface area contributed by atoms with Gasteiger partial charge in [-0.2, -0.15) is 5.10 Å². The number of piperidine rings is 1. The molecule has 1 aromatic heterocycles. The molecule has 2 aliphatic rings. The highest BCUT2D eigenvalue weighted by Gasteiger charge is 2.28. The van der Waals surface area contributed by atoms with Crippen LogP contribution in [0.25, 0.3) is 0 Å². The fourth-order valence-electron chi connectivity index (χ4n) is 4.16. The van der Waals surface area contributed by atoms with Crippen molar-refractivity contribution < 1.29 is 4.79 Å². The fraction of sp³-hybridized carbons (Fsp3) is 0.700. The van der Waals surface area contributed by atoms with E-state index in [0.29, 0.717) is 5.92 Å². The Bertz CT molecular complexity index is 599. The van der Waals surface area contributed by atoms with Crippen LogP contribution in [0.4, 0.5) is 0 Å². The molecule has 0 spiro atoms. The Morgan fingerprint density at radius 3 is 2.80 bits per heavy atom. The van der Waals surface area contributed by atoms with Crippen LogP contribution < -0.4 is 5.32 Å². The lowest BCUT2D eigenvalue weighted by Crippen LogP contribution is -2.48. The zero-order valence-corrected chi connectivity index (χ0v) is 15.7. The summed E-state index contributed by atoms with van der Waals surface area (Å²) >= 11 is 0. The van der Waals surface area contributed by atoms with E-state index in [-0.39, 0.29) is 11.9 Å². The van der Waals surface area contributed by atoms with Crippen LogP contribution in [-0.2, 0) is 11.8 Å². The zero-order chi connectivity index (χ0) is 17.6. The minimum absolute atomic E-state index is 0.0344. The van der Waals surface area contributed by atoms with Gasteiger partial charge in [0.25, 0.3) is 0 Å². The lowest BCUT2D eigenvalue weighted by Gasteiger charge is -2.35. The molecule has 0 radical (unpaired) electrons. The Balaban J connectivity index is 1.40. The van der Waals surface area contributed by atoms with E-state index < -0.39 is 0 Å². The molecule has 0 unspecified atom stereocenters. The molecular weight excluding hydrogens is 312 g/mol. The van der Waals surface area contributed by atoms with Crippen LogP contribution in [0.1, 0.15) is 63.5 Å². The Morgan fingerprint density at radius 1 is 1.36 bits per heavy atom. The van der Waals surface area contributed by atoms with E-state index in [2.05, 4.69) is 27.5 Å². The fourth-order valence-corrected chi connectivity index (χ4v) is 4.16. The number of rotatable bonds is 6. The van der Waals surface area contributed by atoms with Crippen LogP contribution in [0, 0.1) is 0 Å². The van der Waals surface area contributed by atoms with Crippen molar-refractivity contribution in [2.45, 2.75) is 63.8 Å². The standard InChI is InChI=1S/C20H32N4O/c1-16(20(25)21-12-8-17-6-4-3-5-7-17)24-14-10-18(11-15-24)19-9-13-22-23(19)2/h6,9,13,16,18H,3-5,7-8,10-12,14-15H2,1-2H3,(H,21,25)/t16-/m1/s1. The highest BCUT2D eigenvalue weighted by molar-refractivity contribution is 5.81. The molecule has 1 aliphatic carbocycles. The first-order chi connectivity index (χ1) is 12.1. The van der Waals surface area contributed by atoms with E-state index in [1.54, 1.807) is 0 Å². The molecule has 0 bridgehead atoms. The average Bonchev–Trinajstić information content (AvgIpc) is 3.08. The molecule has 2 heterocycles. The van der Waals surface area contributed by atoms with Gasteiger partial charge in [-0.05, 0) is 71.0 Å². The number of carbonyl (C=O) groups excluding carboxylic acids is 1. The van der Waals surface area contributed by atoms with E-state index in [4.69, 9.17) is 0 Å². The van der Waals surface area contributed by atoms with Crippen molar-refractivity contribution >= 4 is 5.91 Å². The Hall–Kier alpha value is -1.62. The highest BCUT2D eigenvalue weighted by Crippen LogP contribution is 2.28. The number of nitrogens with one attached hydrogen (secondary N) is 1. The SMILES string of the molecule is C[C@H](C(=O)NCCC1=CCCCC1)N1CCC(c2ccnn2C)CC1. The number of hydrogen-bond acceptors (Lipinski definition) is 3. The third-order valence-electron chi connectivity index (χ3n) is 5.86. The maximum Gasteiger partial charge on any atom is 0.237 e. The highest BCUT2D eigenvalue weighted by atomic mass is 16.2. The minimum Gasteiger partial charge on any atom is -0.354 e. The maximum atomic E-state index is 12.5. The number of amides is 1. The number of nitrogens with zero attached hydrogens (tertiary/aromatic N) is 3. The molecule has 25 heavy (non-hydrogen) atoms. The monoisotopic (exact) mass is 344 g/mol. The van der Waals surface area contributed by atoms with Crippen LogP contribution in [0.15, 0.2) is 23.9 Å². The van der Waals surface area contributed by atoms with Crippen LogP contribution >= 0.6 is 0 Å². The molecule has 5 heteroatoms. The van der Waals surface area contributed by atoms with Gasteiger partial charge >= 0.3 is 0 Å². The number of hydrogen-bond donors (Lipinski definition) is 1. The van der Waals surface area contributed by atoms with Gasteiger partial charge in [-0.25, -0.2) is 0 Å². The molecule has 1 saturated heterocycles. The van der Waals surface area contributed by atoms with Crippen LogP contribution in [0.3, 0.4) is 0 Å². The molecule has 0 saturated carbocycles. The van der Waals surface area contributed by atoms with Gasteiger partial charge in [-0.3, -0.25) is 14.4 Å². The molecule has 5 nitrogen and oxygen atoms in total. The Kier molecular flexibility index (Phi) is 6.29. The summed E-state index contributed by atoms with van der Waals surface area (Å²) in [5.74, 6) is 0.743. The normalized spacial score (nSPS) is 21.0. The third kappa shape index (κ3) is 4.72. The number of aromatic nitrogens is 2.